The van der Waals surface area contributed by atoms with Crippen LogP contribution >= 0.6 is 0 Å². The number of hydrogen-bond donors (Lipinski definition) is 2. The second kappa shape index (κ2) is 7.20. The first-order chi connectivity index (χ1) is 11.3. The van der Waals surface area contributed by atoms with E-state index in [9.17, 15) is 4.39 Å². The van der Waals surface area contributed by atoms with Crippen molar-refractivity contribution in [2.75, 3.05) is 13.1 Å². The van der Waals surface area contributed by atoms with Gasteiger partial charge in [0.15, 0.2) is 0 Å². The van der Waals surface area contributed by atoms with E-state index in [0.717, 1.165) is 24.3 Å². The van der Waals surface area contributed by atoms with E-state index in [2.05, 4.69) is 34.6 Å². The zero-order valence-corrected chi connectivity index (χ0v) is 13.1. The molecule has 2 N–H and O–H groups in total. The van der Waals surface area contributed by atoms with Crippen LogP contribution in [0.15, 0.2) is 60.8 Å². The van der Waals surface area contributed by atoms with Gasteiger partial charge in [0, 0.05) is 23.6 Å². The molecule has 0 spiro atoms. The highest BCUT2D eigenvalue weighted by atomic mass is 19.1. The van der Waals surface area contributed by atoms with Gasteiger partial charge >= 0.3 is 0 Å². The number of nitrogens with zero attached hydrogens (tertiary/aromatic N) is 1. The Kier molecular flexibility index (Phi) is 4.83. The van der Waals surface area contributed by atoms with Crippen LogP contribution in [0.2, 0.25) is 0 Å². The lowest BCUT2D eigenvalue weighted by molar-refractivity contribution is 0.629. The number of rotatable bonds is 6. The van der Waals surface area contributed by atoms with E-state index in [0.29, 0.717) is 5.56 Å². The van der Waals surface area contributed by atoms with E-state index in [1.54, 1.807) is 18.3 Å². The molecule has 23 heavy (non-hydrogen) atoms. The fourth-order valence-corrected chi connectivity index (χ4v) is 2.82. The van der Waals surface area contributed by atoms with Crippen LogP contribution in [-0.2, 0) is 0 Å². The van der Waals surface area contributed by atoms with Crippen LogP contribution in [0, 0.1) is 5.82 Å². The summed E-state index contributed by atoms with van der Waals surface area (Å²) in [5, 5.41) is 10.5. The van der Waals surface area contributed by atoms with Gasteiger partial charge in [-0.1, -0.05) is 49.4 Å². The molecule has 0 radical (unpaired) electrons. The van der Waals surface area contributed by atoms with Crippen molar-refractivity contribution in [2.45, 2.75) is 12.8 Å². The molecular formula is C19H20FN3. The molecule has 118 valence electrons. The second-order valence-corrected chi connectivity index (χ2v) is 5.45. The molecule has 0 aliphatic rings. The molecule has 3 aromatic rings. The van der Waals surface area contributed by atoms with Gasteiger partial charge in [0.2, 0.25) is 0 Å². The average molecular weight is 309 g/mol. The smallest absolute Gasteiger partial charge is 0.132 e. The molecule has 0 saturated heterocycles. The number of H-pyrrole nitrogens is 1. The van der Waals surface area contributed by atoms with Crippen molar-refractivity contribution >= 4 is 0 Å². The van der Waals surface area contributed by atoms with Crippen LogP contribution in [0.3, 0.4) is 0 Å². The average Bonchev–Trinajstić information content (AvgIpc) is 3.06. The normalized spacial score (nSPS) is 12.3. The number of aromatic amines is 1. The Balaban J connectivity index is 2.05. The largest absolute Gasteiger partial charge is 0.316 e. The molecule has 1 unspecified atom stereocenters. The number of benzene rings is 2. The lowest BCUT2D eigenvalue weighted by atomic mass is 9.89. The number of likely N-dealkylation sites (N-methyl/N-ethyl adjacent to an activating group) is 1. The van der Waals surface area contributed by atoms with Crippen molar-refractivity contribution in [3.63, 3.8) is 0 Å². The molecule has 0 fully saturated rings. The van der Waals surface area contributed by atoms with Crippen LogP contribution in [-0.4, -0.2) is 23.3 Å². The monoisotopic (exact) mass is 309 g/mol. The highest BCUT2D eigenvalue weighted by Gasteiger charge is 2.21. The topological polar surface area (TPSA) is 40.7 Å². The van der Waals surface area contributed by atoms with Gasteiger partial charge in [-0.05, 0) is 24.2 Å². The Morgan fingerprint density at radius 1 is 1.09 bits per heavy atom. The molecule has 2 aromatic carbocycles. The summed E-state index contributed by atoms with van der Waals surface area (Å²) in [7, 11) is 0. The zero-order chi connectivity index (χ0) is 16.1. The van der Waals surface area contributed by atoms with Crippen LogP contribution in [0.4, 0.5) is 4.39 Å². The summed E-state index contributed by atoms with van der Waals surface area (Å²) >= 11 is 0. The fourth-order valence-electron chi connectivity index (χ4n) is 2.82. The predicted molar refractivity (Wildman–Crippen MR) is 90.8 cm³/mol. The minimum Gasteiger partial charge on any atom is -0.316 e. The first-order valence-corrected chi connectivity index (χ1v) is 7.85. The third-order valence-corrected chi connectivity index (χ3v) is 3.99. The van der Waals surface area contributed by atoms with Crippen LogP contribution in [0.25, 0.3) is 11.3 Å². The van der Waals surface area contributed by atoms with E-state index in [1.807, 2.05) is 24.3 Å². The molecule has 1 atom stereocenters. The molecule has 4 heteroatoms. The van der Waals surface area contributed by atoms with Crippen molar-refractivity contribution in [1.82, 2.24) is 15.5 Å². The number of halogens is 1. The Labute approximate surface area is 135 Å². The quantitative estimate of drug-likeness (QED) is 0.723. The SMILES string of the molecule is CCNCC(c1ccccc1)c1cn[nH]c1-c1ccccc1F. The number of aromatic nitrogens is 2. The summed E-state index contributed by atoms with van der Waals surface area (Å²) in [6.45, 7) is 3.74. The standard InChI is InChI=1S/C19H20FN3/c1-2-21-12-16(14-8-4-3-5-9-14)17-13-22-23-19(17)15-10-6-7-11-18(15)20/h3-11,13,16,21H,2,12H2,1H3,(H,22,23). The minimum absolute atomic E-state index is 0.115. The summed E-state index contributed by atoms with van der Waals surface area (Å²) in [5.74, 6) is -0.127. The first kappa shape index (κ1) is 15.4. The molecule has 0 saturated carbocycles. The van der Waals surface area contributed by atoms with Crippen molar-refractivity contribution in [3.8, 4) is 11.3 Å². The van der Waals surface area contributed by atoms with E-state index in [-0.39, 0.29) is 11.7 Å². The van der Waals surface area contributed by atoms with Crippen molar-refractivity contribution < 1.29 is 4.39 Å². The molecule has 0 amide bonds. The third kappa shape index (κ3) is 3.32. The van der Waals surface area contributed by atoms with Crippen LogP contribution in [0.1, 0.15) is 24.0 Å². The lowest BCUT2D eigenvalue weighted by Gasteiger charge is -2.18. The van der Waals surface area contributed by atoms with E-state index in [4.69, 9.17) is 0 Å². The molecule has 3 rings (SSSR count). The molecule has 0 aliphatic heterocycles. The first-order valence-electron chi connectivity index (χ1n) is 7.85. The molecular weight excluding hydrogens is 289 g/mol. The Hall–Kier alpha value is -2.46. The number of nitrogens with one attached hydrogen (secondary N) is 2. The molecule has 0 aliphatic carbocycles. The maximum atomic E-state index is 14.2. The zero-order valence-electron chi connectivity index (χ0n) is 13.1. The van der Waals surface area contributed by atoms with Gasteiger partial charge in [-0.25, -0.2) is 4.39 Å². The van der Waals surface area contributed by atoms with Gasteiger partial charge in [-0.2, -0.15) is 5.10 Å². The van der Waals surface area contributed by atoms with Crippen LogP contribution < -0.4 is 5.32 Å². The lowest BCUT2D eigenvalue weighted by Crippen LogP contribution is -2.22. The molecule has 3 nitrogen and oxygen atoms in total. The van der Waals surface area contributed by atoms with Gasteiger partial charge in [0.1, 0.15) is 5.82 Å². The van der Waals surface area contributed by atoms with E-state index in [1.165, 1.54) is 11.6 Å². The highest BCUT2D eigenvalue weighted by molar-refractivity contribution is 5.65. The van der Waals surface area contributed by atoms with Gasteiger partial charge in [0.25, 0.3) is 0 Å². The second-order valence-electron chi connectivity index (χ2n) is 5.45. The summed E-state index contributed by atoms with van der Waals surface area (Å²) in [6.07, 6.45) is 1.80. The maximum Gasteiger partial charge on any atom is 0.132 e. The summed E-state index contributed by atoms with van der Waals surface area (Å²) in [5.41, 5.74) is 3.49. The Morgan fingerprint density at radius 3 is 2.57 bits per heavy atom. The molecule has 1 aromatic heterocycles. The molecule has 0 bridgehead atoms. The summed E-state index contributed by atoms with van der Waals surface area (Å²) < 4.78 is 14.2. The van der Waals surface area contributed by atoms with E-state index >= 15 is 0 Å². The maximum absolute atomic E-state index is 14.2. The van der Waals surface area contributed by atoms with Crippen molar-refractivity contribution in [1.29, 1.82) is 0 Å². The third-order valence-electron chi connectivity index (χ3n) is 3.99. The van der Waals surface area contributed by atoms with Crippen molar-refractivity contribution in [2.24, 2.45) is 0 Å². The van der Waals surface area contributed by atoms with E-state index < -0.39 is 0 Å². The number of hydrogen-bond acceptors (Lipinski definition) is 2. The molecule has 1 heterocycles. The fraction of sp³-hybridized carbons (Fsp3) is 0.211. The van der Waals surface area contributed by atoms with Gasteiger partial charge in [0.05, 0.1) is 11.9 Å². The van der Waals surface area contributed by atoms with Gasteiger partial charge < -0.3 is 5.32 Å². The highest BCUT2D eigenvalue weighted by Crippen LogP contribution is 2.32. The Bertz CT molecular complexity index is 752. The summed E-state index contributed by atoms with van der Waals surface area (Å²) in [4.78, 5) is 0. The minimum atomic E-state index is -0.242. The summed E-state index contributed by atoms with van der Waals surface area (Å²) in [6, 6.07) is 17.0. The van der Waals surface area contributed by atoms with Crippen molar-refractivity contribution in [3.05, 3.63) is 77.7 Å². The Morgan fingerprint density at radius 2 is 1.83 bits per heavy atom. The van der Waals surface area contributed by atoms with Crippen LogP contribution in [0.5, 0.6) is 0 Å². The predicted octanol–water partition coefficient (Wildman–Crippen LogP) is 3.96. The van der Waals surface area contributed by atoms with Gasteiger partial charge in [-0.3, -0.25) is 5.10 Å². The van der Waals surface area contributed by atoms with Gasteiger partial charge in [-0.15, -0.1) is 0 Å².